The van der Waals surface area contributed by atoms with E-state index in [4.69, 9.17) is 4.74 Å². The Labute approximate surface area is 179 Å². The molecule has 2 aromatic carbocycles. The molecule has 0 bridgehead atoms. The monoisotopic (exact) mass is 492 g/mol. The number of amides is 2. The Morgan fingerprint density at radius 2 is 1.96 bits per heavy atom. The summed E-state index contributed by atoms with van der Waals surface area (Å²) in [6.07, 6.45) is 1.89. The van der Waals surface area contributed by atoms with Crippen LogP contribution in [0.5, 0.6) is 0 Å². The van der Waals surface area contributed by atoms with Gasteiger partial charge in [0.1, 0.15) is 6.54 Å². The first-order valence-corrected chi connectivity index (χ1v) is 10.5. The lowest BCUT2D eigenvalue weighted by atomic mass is 10.1. The zero-order chi connectivity index (χ0) is 20.1. The number of nitrogens with zero attached hydrogens (tertiary/aromatic N) is 1. The van der Waals surface area contributed by atoms with Crippen LogP contribution >= 0.6 is 22.6 Å². The molecule has 5 nitrogen and oxygen atoms in total. The molecule has 3 rings (SSSR count). The molecule has 1 N–H and O–H groups in total. The molecule has 1 unspecified atom stereocenters. The Kier molecular flexibility index (Phi) is 7.07. The van der Waals surface area contributed by atoms with Gasteiger partial charge in [-0.2, -0.15) is 0 Å². The minimum atomic E-state index is -0.203. The first kappa shape index (κ1) is 20.8. The average Bonchev–Trinajstić information content (AvgIpc) is 3.18. The van der Waals surface area contributed by atoms with Crippen LogP contribution in [0.3, 0.4) is 0 Å². The summed E-state index contributed by atoms with van der Waals surface area (Å²) >= 11 is 2.15. The van der Waals surface area contributed by atoms with Crippen LogP contribution in [-0.2, 0) is 9.53 Å². The fourth-order valence-corrected chi connectivity index (χ4v) is 3.93. The number of aryl methyl sites for hydroxylation is 1. The van der Waals surface area contributed by atoms with Crippen LogP contribution in [-0.4, -0.2) is 42.5 Å². The maximum Gasteiger partial charge on any atom is 0.255 e. The number of anilines is 1. The van der Waals surface area contributed by atoms with E-state index in [0.29, 0.717) is 18.7 Å². The molecular formula is C22H25IN2O3. The van der Waals surface area contributed by atoms with Crippen molar-refractivity contribution in [1.82, 2.24) is 4.90 Å². The van der Waals surface area contributed by atoms with Gasteiger partial charge in [0.15, 0.2) is 0 Å². The lowest BCUT2D eigenvalue weighted by molar-refractivity contribution is -0.117. The zero-order valence-corrected chi connectivity index (χ0v) is 18.4. The van der Waals surface area contributed by atoms with E-state index in [1.165, 1.54) is 0 Å². The van der Waals surface area contributed by atoms with Crippen molar-refractivity contribution in [3.63, 3.8) is 0 Å². The summed E-state index contributed by atoms with van der Waals surface area (Å²) in [5.74, 6) is -0.345. The summed E-state index contributed by atoms with van der Waals surface area (Å²) in [5, 5.41) is 2.95. The van der Waals surface area contributed by atoms with E-state index < -0.39 is 0 Å². The second kappa shape index (κ2) is 9.52. The molecule has 148 valence electrons. The van der Waals surface area contributed by atoms with E-state index in [1.807, 2.05) is 50.2 Å². The van der Waals surface area contributed by atoms with Gasteiger partial charge in [-0.3, -0.25) is 9.59 Å². The van der Waals surface area contributed by atoms with Gasteiger partial charge >= 0.3 is 0 Å². The van der Waals surface area contributed by atoms with Crippen LogP contribution in [0.15, 0.2) is 42.5 Å². The van der Waals surface area contributed by atoms with E-state index in [-0.39, 0.29) is 24.5 Å². The van der Waals surface area contributed by atoms with Crippen molar-refractivity contribution in [2.75, 3.05) is 25.0 Å². The predicted octanol–water partition coefficient (Wildman–Crippen LogP) is 4.17. The Balaban J connectivity index is 1.76. The van der Waals surface area contributed by atoms with Gasteiger partial charge in [0.25, 0.3) is 5.91 Å². The summed E-state index contributed by atoms with van der Waals surface area (Å²) in [6, 6.07) is 13.2. The summed E-state index contributed by atoms with van der Waals surface area (Å²) < 4.78 is 6.58. The molecule has 2 amide bonds. The van der Waals surface area contributed by atoms with Crippen LogP contribution in [0.2, 0.25) is 0 Å². The lowest BCUT2D eigenvalue weighted by Gasteiger charge is -2.25. The average molecular weight is 492 g/mol. The number of carbonyl (C=O) groups excluding carboxylic acids is 2. The Bertz CT molecular complexity index is 863. The van der Waals surface area contributed by atoms with Crippen LogP contribution < -0.4 is 5.32 Å². The first-order chi connectivity index (χ1) is 13.5. The fourth-order valence-electron chi connectivity index (χ4n) is 3.31. The van der Waals surface area contributed by atoms with Gasteiger partial charge in [0.05, 0.1) is 11.7 Å². The van der Waals surface area contributed by atoms with Gasteiger partial charge in [-0.15, -0.1) is 0 Å². The first-order valence-electron chi connectivity index (χ1n) is 9.47. The molecule has 6 heteroatoms. The van der Waals surface area contributed by atoms with E-state index in [2.05, 4.69) is 27.9 Å². The van der Waals surface area contributed by atoms with Crippen molar-refractivity contribution < 1.29 is 14.3 Å². The molecule has 0 aliphatic carbocycles. The van der Waals surface area contributed by atoms with E-state index in [0.717, 1.165) is 33.2 Å². The van der Waals surface area contributed by atoms with Crippen LogP contribution in [0.25, 0.3) is 0 Å². The van der Waals surface area contributed by atoms with Crippen LogP contribution in [0, 0.1) is 17.4 Å². The van der Waals surface area contributed by atoms with Crippen molar-refractivity contribution in [1.29, 1.82) is 0 Å². The normalized spacial score (nSPS) is 16.0. The van der Waals surface area contributed by atoms with Gasteiger partial charge in [0.2, 0.25) is 5.91 Å². The second-order valence-electron chi connectivity index (χ2n) is 7.10. The molecule has 0 spiro atoms. The molecule has 1 fully saturated rings. The number of carbonyl (C=O) groups is 2. The topological polar surface area (TPSA) is 58.6 Å². The number of hydrogen-bond acceptors (Lipinski definition) is 3. The van der Waals surface area contributed by atoms with Crippen molar-refractivity contribution in [2.45, 2.75) is 32.8 Å². The van der Waals surface area contributed by atoms with Gasteiger partial charge in [-0.05, 0) is 78.6 Å². The van der Waals surface area contributed by atoms with E-state index >= 15 is 0 Å². The summed E-state index contributed by atoms with van der Waals surface area (Å²) in [4.78, 5) is 27.5. The molecule has 1 saturated heterocycles. The summed E-state index contributed by atoms with van der Waals surface area (Å²) in [7, 11) is 0. The minimum Gasteiger partial charge on any atom is -0.376 e. The van der Waals surface area contributed by atoms with Crippen molar-refractivity contribution in [2.24, 2.45) is 0 Å². The molecule has 28 heavy (non-hydrogen) atoms. The smallest absolute Gasteiger partial charge is 0.255 e. The fraction of sp³-hybridized carbons (Fsp3) is 0.364. The second-order valence-corrected chi connectivity index (χ2v) is 8.26. The molecule has 0 aromatic heterocycles. The highest BCUT2D eigenvalue weighted by Gasteiger charge is 2.26. The summed E-state index contributed by atoms with van der Waals surface area (Å²) in [6.45, 7) is 5.12. The van der Waals surface area contributed by atoms with Crippen LogP contribution in [0.4, 0.5) is 5.69 Å². The third-order valence-corrected chi connectivity index (χ3v) is 5.99. The molecule has 0 radical (unpaired) electrons. The molecule has 1 heterocycles. The maximum atomic E-state index is 13.1. The van der Waals surface area contributed by atoms with Crippen molar-refractivity contribution in [3.05, 3.63) is 62.7 Å². The standard InChI is InChI=1S/C22H25IN2O3/c1-15-7-5-11-20(16(15)2)24-21(26)14-25(13-17-8-6-12-28-17)22(27)18-9-3-4-10-19(18)23/h3-5,7,9-11,17H,6,8,12-14H2,1-2H3,(H,24,26). The highest BCUT2D eigenvalue weighted by atomic mass is 127. The van der Waals surface area contributed by atoms with Crippen LogP contribution in [0.1, 0.15) is 34.3 Å². The number of nitrogens with one attached hydrogen (secondary N) is 1. The van der Waals surface area contributed by atoms with Gasteiger partial charge in [-0.1, -0.05) is 24.3 Å². The summed E-state index contributed by atoms with van der Waals surface area (Å²) in [5.41, 5.74) is 3.54. The van der Waals surface area contributed by atoms with Gasteiger partial charge in [0, 0.05) is 22.4 Å². The number of hydrogen-bond donors (Lipinski definition) is 1. The Morgan fingerprint density at radius 1 is 1.18 bits per heavy atom. The quantitative estimate of drug-likeness (QED) is 0.617. The highest BCUT2D eigenvalue weighted by Crippen LogP contribution is 2.20. The predicted molar refractivity (Wildman–Crippen MR) is 119 cm³/mol. The molecule has 1 atom stereocenters. The largest absolute Gasteiger partial charge is 0.376 e. The number of rotatable bonds is 6. The number of benzene rings is 2. The Hall–Kier alpha value is -1.93. The number of halogens is 1. The molecule has 1 aliphatic rings. The van der Waals surface area contributed by atoms with Gasteiger partial charge in [-0.25, -0.2) is 0 Å². The minimum absolute atomic E-state index is 0.00293. The van der Waals surface area contributed by atoms with Gasteiger partial charge < -0.3 is 15.0 Å². The lowest BCUT2D eigenvalue weighted by Crippen LogP contribution is -2.42. The molecule has 0 saturated carbocycles. The highest BCUT2D eigenvalue weighted by molar-refractivity contribution is 14.1. The van der Waals surface area contributed by atoms with Crippen molar-refractivity contribution in [3.8, 4) is 0 Å². The third-order valence-electron chi connectivity index (χ3n) is 5.05. The third kappa shape index (κ3) is 5.11. The van der Waals surface area contributed by atoms with Crippen molar-refractivity contribution >= 4 is 40.1 Å². The Morgan fingerprint density at radius 3 is 2.68 bits per heavy atom. The maximum absolute atomic E-state index is 13.1. The number of ether oxygens (including phenoxy) is 1. The molecule has 1 aliphatic heterocycles. The van der Waals surface area contributed by atoms with E-state index in [9.17, 15) is 9.59 Å². The molecule has 2 aromatic rings. The van der Waals surface area contributed by atoms with E-state index in [1.54, 1.807) is 11.0 Å². The zero-order valence-electron chi connectivity index (χ0n) is 16.2. The molecular weight excluding hydrogens is 467 g/mol. The SMILES string of the molecule is Cc1cccc(NC(=O)CN(CC2CCCO2)C(=O)c2ccccc2I)c1C.